The Morgan fingerprint density at radius 2 is 1.79 bits per heavy atom. The third-order valence-corrected chi connectivity index (χ3v) is 3.80. The number of carbonyl (C=O) groups is 2. The van der Waals surface area contributed by atoms with E-state index >= 15 is 0 Å². The van der Waals surface area contributed by atoms with Crippen LogP contribution in [0.5, 0.6) is 0 Å². The van der Waals surface area contributed by atoms with E-state index in [1.54, 1.807) is 30.3 Å². The molecular weight excluding hydrogens is 368 g/mol. The van der Waals surface area contributed by atoms with Crippen molar-refractivity contribution in [2.24, 2.45) is 0 Å². The molecule has 3 aromatic rings. The van der Waals surface area contributed by atoms with Gasteiger partial charge in [-0.3, -0.25) is 4.79 Å². The lowest BCUT2D eigenvalue weighted by atomic mass is 10.1. The number of anilines is 3. The molecule has 0 aliphatic rings. The molecular formula is C20H15F2N3O3. The largest absolute Gasteiger partial charge is 0.465 e. The van der Waals surface area contributed by atoms with Gasteiger partial charge in [0, 0.05) is 18.0 Å². The highest BCUT2D eigenvalue weighted by molar-refractivity contribution is 6.04. The maximum atomic E-state index is 13.2. The fourth-order valence-corrected chi connectivity index (χ4v) is 2.40. The lowest BCUT2D eigenvalue weighted by Crippen LogP contribution is -2.13. The third kappa shape index (κ3) is 4.29. The summed E-state index contributed by atoms with van der Waals surface area (Å²) in [6.07, 6.45) is 1.32. The van der Waals surface area contributed by atoms with Crippen molar-refractivity contribution >= 4 is 29.1 Å². The number of rotatable bonds is 5. The summed E-state index contributed by atoms with van der Waals surface area (Å²) in [5.74, 6) is -2.67. The molecule has 0 aliphatic heterocycles. The van der Waals surface area contributed by atoms with Gasteiger partial charge in [-0.1, -0.05) is 12.1 Å². The molecule has 2 aromatic carbocycles. The smallest absolute Gasteiger partial charge is 0.339 e. The molecule has 0 unspecified atom stereocenters. The van der Waals surface area contributed by atoms with Crippen LogP contribution in [0, 0.1) is 11.6 Å². The molecule has 8 heteroatoms. The highest BCUT2D eigenvalue weighted by atomic mass is 19.2. The Morgan fingerprint density at radius 1 is 1.00 bits per heavy atom. The molecule has 0 fully saturated rings. The molecule has 142 valence electrons. The molecule has 1 amide bonds. The van der Waals surface area contributed by atoms with Crippen molar-refractivity contribution in [3.05, 3.63) is 83.6 Å². The van der Waals surface area contributed by atoms with E-state index in [2.05, 4.69) is 15.6 Å². The summed E-state index contributed by atoms with van der Waals surface area (Å²) in [5, 5.41) is 5.44. The second kappa shape index (κ2) is 8.26. The Kier molecular flexibility index (Phi) is 5.59. The number of para-hydroxylation sites is 1. The third-order valence-electron chi connectivity index (χ3n) is 3.80. The number of halogens is 2. The van der Waals surface area contributed by atoms with E-state index in [9.17, 15) is 18.4 Å². The summed E-state index contributed by atoms with van der Waals surface area (Å²) >= 11 is 0. The Morgan fingerprint density at radius 3 is 2.46 bits per heavy atom. The van der Waals surface area contributed by atoms with Crippen LogP contribution in [0.1, 0.15) is 20.7 Å². The molecule has 0 aliphatic carbocycles. The number of benzene rings is 2. The predicted molar refractivity (Wildman–Crippen MR) is 99.6 cm³/mol. The van der Waals surface area contributed by atoms with Crippen molar-refractivity contribution in [2.45, 2.75) is 0 Å². The van der Waals surface area contributed by atoms with Crippen molar-refractivity contribution in [1.29, 1.82) is 0 Å². The minimum Gasteiger partial charge on any atom is -0.465 e. The summed E-state index contributed by atoms with van der Waals surface area (Å²) in [7, 11) is 1.29. The molecule has 1 aromatic heterocycles. The number of esters is 1. The van der Waals surface area contributed by atoms with Crippen molar-refractivity contribution in [3.8, 4) is 0 Å². The van der Waals surface area contributed by atoms with Crippen LogP contribution < -0.4 is 10.6 Å². The SMILES string of the molecule is COC(=O)c1ccccc1Nc1ccc(C(=O)Nc2ccc(F)c(F)c2)cn1. The molecule has 28 heavy (non-hydrogen) atoms. The van der Waals surface area contributed by atoms with Gasteiger partial charge in [0.15, 0.2) is 11.6 Å². The number of amides is 1. The maximum Gasteiger partial charge on any atom is 0.339 e. The van der Waals surface area contributed by atoms with Crippen LogP contribution in [-0.4, -0.2) is 24.0 Å². The van der Waals surface area contributed by atoms with Gasteiger partial charge < -0.3 is 15.4 Å². The number of nitrogens with zero attached hydrogens (tertiary/aromatic N) is 1. The van der Waals surface area contributed by atoms with Crippen LogP contribution in [0.4, 0.5) is 26.0 Å². The fraction of sp³-hybridized carbons (Fsp3) is 0.0500. The monoisotopic (exact) mass is 383 g/mol. The van der Waals surface area contributed by atoms with Gasteiger partial charge in [0.25, 0.3) is 5.91 Å². The molecule has 2 N–H and O–H groups in total. The van der Waals surface area contributed by atoms with Gasteiger partial charge in [0.05, 0.1) is 23.9 Å². The first-order chi connectivity index (χ1) is 13.5. The number of carbonyl (C=O) groups excluding carboxylic acids is 2. The summed E-state index contributed by atoms with van der Waals surface area (Å²) in [5.41, 5.74) is 1.18. The van der Waals surface area contributed by atoms with Crippen molar-refractivity contribution in [1.82, 2.24) is 4.98 Å². The molecule has 1 heterocycles. The van der Waals surface area contributed by atoms with E-state index in [0.717, 1.165) is 12.1 Å². The number of methoxy groups -OCH3 is 1. The summed E-state index contributed by atoms with van der Waals surface area (Å²) in [6, 6.07) is 12.9. The first-order valence-electron chi connectivity index (χ1n) is 8.15. The normalized spacial score (nSPS) is 10.2. The standard InChI is InChI=1S/C20H15F2N3O3/c1-28-20(27)14-4-2-3-5-17(14)25-18-9-6-12(11-23-18)19(26)24-13-7-8-15(21)16(22)10-13/h2-11H,1H3,(H,23,25)(H,24,26). The zero-order chi connectivity index (χ0) is 20.1. The first-order valence-corrected chi connectivity index (χ1v) is 8.15. The fourth-order valence-electron chi connectivity index (χ4n) is 2.40. The Balaban J connectivity index is 1.72. The lowest BCUT2D eigenvalue weighted by Gasteiger charge is -2.10. The summed E-state index contributed by atoms with van der Waals surface area (Å²) in [6.45, 7) is 0. The van der Waals surface area contributed by atoms with E-state index in [1.807, 2.05) is 0 Å². The van der Waals surface area contributed by atoms with Gasteiger partial charge in [-0.2, -0.15) is 0 Å². The molecule has 0 saturated heterocycles. The average Bonchev–Trinajstić information content (AvgIpc) is 2.71. The Bertz CT molecular complexity index is 1020. The van der Waals surface area contributed by atoms with E-state index in [1.165, 1.54) is 25.4 Å². The number of ether oxygens (including phenoxy) is 1. The molecule has 0 bridgehead atoms. The number of hydrogen-bond acceptors (Lipinski definition) is 5. The predicted octanol–water partition coefficient (Wildman–Crippen LogP) is 4.14. The highest BCUT2D eigenvalue weighted by Gasteiger charge is 2.12. The lowest BCUT2D eigenvalue weighted by molar-refractivity contribution is 0.0601. The van der Waals surface area contributed by atoms with Crippen LogP contribution in [-0.2, 0) is 4.74 Å². The zero-order valence-corrected chi connectivity index (χ0v) is 14.7. The van der Waals surface area contributed by atoms with Gasteiger partial charge in [-0.05, 0) is 36.4 Å². The second-order valence-corrected chi connectivity index (χ2v) is 5.68. The van der Waals surface area contributed by atoms with Crippen LogP contribution in [0.25, 0.3) is 0 Å². The van der Waals surface area contributed by atoms with Crippen molar-refractivity contribution in [3.63, 3.8) is 0 Å². The first kappa shape index (κ1) is 19.0. The van der Waals surface area contributed by atoms with Crippen LogP contribution >= 0.6 is 0 Å². The van der Waals surface area contributed by atoms with E-state index in [-0.39, 0.29) is 11.3 Å². The van der Waals surface area contributed by atoms with Crippen LogP contribution in [0.3, 0.4) is 0 Å². The molecule has 3 rings (SSSR count). The van der Waals surface area contributed by atoms with E-state index in [4.69, 9.17) is 4.74 Å². The average molecular weight is 383 g/mol. The van der Waals surface area contributed by atoms with E-state index in [0.29, 0.717) is 17.1 Å². The number of nitrogens with one attached hydrogen (secondary N) is 2. The quantitative estimate of drug-likeness (QED) is 0.647. The number of hydrogen-bond donors (Lipinski definition) is 2. The van der Waals surface area contributed by atoms with Crippen molar-refractivity contribution in [2.75, 3.05) is 17.7 Å². The summed E-state index contributed by atoms with van der Waals surface area (Å²) < 4.78 is 30.9. The number of pyridine rings is 1. The second-order valence-electron chi connectivity index (χ2n) is 5.68. The van der Waals surface area contributed by atoms with Crippen LogP contribution in [0.15, 0.2) is 60.8 Å². The Labute approximate surface area is 159 Å². The van der Waals surface area contributed by atoms with Gasteiger partial charge in [-0.25, -0.2) is 18.6 Å². The molecule has 0 radical (unpaired) electrons. The topological polar surface area (TPSA) is 80.3 Å². The molecule has 0 saturated carbocycles. The highest BCUT2D eigenvalue weighted by Crippen LogP contribution is 2.21. The minimum atomic E-state index is -1.06. The molecule has 6 nitrogen and oxygen atoms in total. The zero-order valence-electron chi connectivity index (χ0n) is 14.7. The molecule has 0 atom stereocenters. The Hall–Kier alpha value is -3.81. The molecule has 0 spiro atoms. The van der Waals surface area contributed by atoms with Crippen LogP contribution in [0.2, 0.25) is 0 Å². The maximum absolute atomic E-state index is 13.2. The minimum absolute atomic E-state index is 0.123. The summed E-state index contributed by atoms with van der Waals surface area (Å²) in [4.78, 5) is 28.2. The van der Waals surface area contributed by atoms with Crippen molar-refractivity contribution < 1.29 is 23.1 Å². The van der Waals surface area contributed by atoms with Gasteiger partial charge >= 0.3 is 5.97 Å². The van der Waals surface area contributed by atoms with Gasteiger partial charge in [0.2, 0.25) is 0 Å². The van der Waals surface area contributed by atoms with E-state index < -0.39 is 23.5 Å². The van der Waals surface area contributed by atoms with Gasteiger partial charge in [-0.15, -0.1) is 0 Å². The number of aromatic nitrogens is 1. The van der Waals surface area contributed by atoms with Gasteiger partial charge in [0.1, 0.15) is 5.82 Å².